The topological polar surface area (TPSA) is 378 Å². The number of nitrogens with two attached hydrogens (primary N) is 1. The van der Waals surface area contributed by atoms with Crippen LogP contribution in [-0.2, 0) is 60.8 Å². The number of carboxylic acids is 3. The average molecular weight is 1040 g/mol. The van der Waals surface area contributed by atoms with Gasteiger partial charge in [-0.2, -0.15) is 0 Å². The number of carbonyl (C=O) groups is 10. The van der Waals surface area contributed by atoms with E-state index in [0.717, 1.165) is 10.9 Å². The summed E-state index contributed by atoms with van der Waals surface area (Å²) in [6.45, 7) is 13.3. The van der Waals surface area contributed by atoms with Crippen LogP contribution in [0.4, 0.5) is 0 Å². The molecule has 0 aliphatic rings. The summed E-state index contributed by atoms with van der Waals surface area (Å²) in [4.78, 5) is 136. The van der Waals surface area contributed by atoms with E-state index >= 15 is 0 Å². The number of aromatic amines is 1. The van der Waals surface area contributed by atoms with E-state index in [1.54, 1.807) is 67.7 Å². The Labute approximate surface area is 429 Å². The lowest BCUT2D eigenvalue weighted by Gasteiger charge is -2.30. The fraction of sp³-hybridized carbons (Fsp3) is 0.529. The van der Waals surface area contributed by atoms with E-state index in [4.69, 9.17) is 10.8 Å². The van der Waals surface area contributed by atoms with Crippen LogP contribution in [0.2, 0.25) is 0 Å². The van der Waals surface area contributed by atoms with Crippen LogP contribution in [0, 0.1) is 23.7 Å². The number of aliphatic carboxylic acids is 3. The van der Waals surface area contributed by atoms with Gasteiger partial charge < -0.3 is 68.4 Å². The lowest BCUT2D eigenvalue weighted by atomic mass is 9.95. The summed E-state index contributed by atoms with van der Waals surface area (Å²) in [6.07, 6.45) is -0.0766. The van der Waals surface area contributed by atoms with Crippen LogP contribution < -0.4 is 43.0 Å². The number of carboxylic acid groups (broad SMARTS) is 3. The van der Waals surface area contributed by atoms with Gasteiger partial charge in [-0.25, -0.2) is 4.79 Å². The molecule has 7 amide bonds. The Morgan fingerprint density at radius 2 is 1.07 bits per heavy atom. The number of nitrogens with one attached hydrogen (secondary N) is 8. The molecule has 0 saturated carbocycles. The second kappa shape index (κ2) is 28.6. The first-order valence-electron chi connectivity index (χ1n) is 24.6. The quantitative estimate of drug-likeness (QED) is 0.0446. The molecule has 74 heavy (non-hydrogen) atoms. The SMILES string of the molecule is CC[C@H](C)[C@H](NC(=O)[C@@H](NC(=O)[C@H](CCC(=O)O)NC(=O)[C@H](CC(C)C)NC(=O)[C@H](Cc1ccc(O)cc1)NC(=O)[C@@H](NC(=O)[C@@H](N)CC(=O)O)C(C)C)C(C)C)C(=O)N[C@@H](Cc1c[nH]c2ccccc12)C(=O)O. The number of hydrogen-bond acceptors (Lipinski definition) is 12. The Bertz CT molecular complexity index is 2460. The van der Waals surface area contributed by atoms with Crippen molar-refractivity contribution in [2.45, 2.75) is 149 Å². The second-order valence-electron chi connectivity index (χ2n) is 19.6. The lowest BCUT2D eigenvalue weighted by molar-refractivity contribution is -0.143. The minimum absolute atomic E-state index is 0.0303. The molecule has 3 rings (SSSR count). The van der Waals surface area contributed by atoms with Crippen molar-refractivity contribution < 1.29 is 68.4 Å². The minimum atomic E-state index is -1.59. The highest BCUT2D eigenvalue weighted by Crippen LogP contribution is 2.20. The van der Waals surface area contributed by atoms with Gasteiger partial charge in [0.15, 0.2) is 0 Å². The third kappa shape index (κ3) is 18.8. The van der Waals surface area contributed by atoms with Crippen LogP contribution in [0.25, 0.3) is 10.9 Å². The Balaban J connectivity index is 1.88. The third-order valence-corrected chi connectivity index (χ3v) is 12.4. The maximum atomic E-state index is 14.2. The van der Waals surface area contributed by atoms with E-state index in [1.165, 1.54) is 24.3 Å². The molecule has 0 saturated heterocycles. The number of rotatable bonds is 30. The Morgan fingerprint density at radius 1 is 0.568 bits per heavy atom. The van der Waals surface area contributed by atoms with Crippen LogP contribution in [0.15, 0.2) is 54.7 Å². The monoisotopic (exact) mass is 1040 g/mol. The van der Waals surface area contributed by atoms with E-state index in [2.05, 4.69) is 42.2 Å². The van der Waals surface area contributed by atoms with E-state index in [9.17, 15) is 63.3 Å². The van der Waals surface area contributed by atoms with Gasteiger partial charge in [-0.1, -0.05) is 92.1 Å². The number of aromatic hydroxyl groups is 1. The van der Waals surface area contributed by atoms with E-state index in [-0.39, 0.29) is 30.9 Å². The van der Waals surface area contributed by atoms with E-state index in [1.807, 2.05) is 18.2 Å². The summed E-state index contributed by atoms with van der Waals surface area (Å²) in [7, 11) is 0. The number of para-hydroxylation sites is 1. The molecule has 1 aromatic heterocycles. The van der Waals surface area contributed by atoms with Crippen LogP contribution >= 0.6 is 0 Å². The molecule has 3 aromatic rings. The van der Waals surface area contributed by atoms with Crippen molar-refractivity contribution in [2.24, 2.45) is 29.4 Å². The molecule has 9 atom stereocenters. The van der Waals surface area contributed by atoms with Crippen LogP contribution in [-0.4, -0.2) is 133 Å². The molecule has 1 heterocycles. The van der Waals surface area contributed by atoms with Crippen LogP contribution in [0.3, 0.4) is 0 Å². The molecule has 2 aromatic carbocycles. The largest absolute Gasteiger partial charge is 0.508 e. The zero-order valence-electron chi connectivity index (χ0n) is 43.0. The number of benzene rings is 2. The maximum absolute atomic E-state index is 14.2. The first kappa shape index (κ1) is 60.7. The number of carbonyl (C=O) groups excluding carboxylic acids is 7. The van der Waals surface area contributed by atoms with Crippen molar-refractivity contribution in [1.29, 1.82) is 0 Å². The number of H-pyrrole nitrogens is 1. The summed E-state index contributed by atoms with van der Waals surface area (Å²) >= 11 is 0. The molecule has 0 aliphatic carbocycles. The molecule has 0 spiro atoms. The predicted octanol–water partition coefficient (Wildman–Crippen LogP) is 1.21. The number of phenols is 1. The molecule has 14 N–H and O–H groups in total. The van der Waals surface area contributed by atoms with Crippen LogP contribution in [0.1, 0.15) is 98.6 Å². The number of phenolic OH excluding ortho intramolecular Hbond substituents is 1. The van der Waals surface area contributed by atoms with Gasteiger partial charge in [-0.05, 0) is 65.8 Å². The molecule has 23 nitrogen and oxygen atoms in total. The molecule has 0 unspecified atom stereocenters. The highest BCUT2D eigenvalue weighted by atomic mass is 16.4. The van der Waals surface area contributed by atoms with Gasteiger partial charge in [0.25, 0.3) is 0 Å². The Kier molecular flexibility index (Phi) is 23.5. The normalized spacial score (nSPS) is 15.0. The highest BCUT2D eigenvalue weighted by Gasteiger charge is 2.37. The summed E-state index contributed by atoms with van der Waals surface area (Å²) in [5.74, 6) is -12.3. The number of hydrogen-bond donors (Lipinski definition) is 13. The van der Waals surface area contributed by atoms with E-state index < -0.39 is 145 Å². The predicted molar refractivity (Wildman–Crippen MR) is 271 cm³/mol. The molecule has 0 aliphatic heterocycles. The Morgan fingerprint density at radius 3 is 1.62 bits per heavy atom. The summed E-state index contributed by atoms with van der Waals surface area (Å²) < 4.78 is 0. The van der Waals surface area contributed by atoms with Gasteiger partial charge in [0.2, 0.25) is 41.4 Å². The van der Waals surface area contributed by atoms with Gasteiger partial charge in [0, 0.05) is 36.4 Å². The first-order valence-corrected chi connectivity index (χ1v) is 24.6. The van der Waals surface area contributed by atoms with Crippen LogP contribution in [0.5, 0.6) is 5.75 Å². The molecule has 0 bridgehead atoms. The highest BCUT2D eigenvalue weighted by molar-refractivity contribution is 5.98. The second-order valence-corrected chi connectivity index (χ2v) is 19.6. The molecular formula is C51H73N9O14. The molecule has 0 fully saturated rings. The van der Waals surface area contributed by atoms with E-state index in [0.29, 0.717) is 17.5 Å². The van der Waals surface area contributed by atoms with Gasteiger partial charge in [0.05, 0.1) is 12.5 Å². The molecule has 23 heteroatoms. The van der Waals surface area contributed by atoms with Crippen molar-refractivity contribution in [1.82, 2.24) is 42.2 Å². The maximum Gasteiger partial charge on any atom is 0.326 e. The third-order valence-electron chi connectivity index (χ3n) is 12.4. The van der Waals surface area contributed by atoms with Crippen molar-refractivity contribution in [3.63, 3.8) is 0 Å². The fourth-order valence-corrected chi connectivity index (χ4v) is 7.91. The molecule has 0 radical (unpaired) electrons. The lowest BCUT2D eigenvalue weighted by Crippen LogP contribution is -2.61. The summed E-state index contributed by atoms with van der Waals surface area (Å²) in [6, 6.07) is 1.69. The zero-order valence-corrected chi connectivity index (χ0v) is 43.0. The average Bonchev–Trinajstić information content (AvgIpc) is 3.73. The molecule has 406 valence electrons. The molecular weight excluding hydrogens is 963 g/mol. The summed E-state index contributed by atoms with van der Waals surface area (Å²) in [5.41, 5.74) is 7.61. The van der Waals surface area contributed by atoms with Crippen molar-refractivity contribution in [3.8, 4) is 5.75 Å². The van der Waals surface area contributed by atoms with Gasteiger partial charge in [-0.3, -0.25) is 43.2 Å². The standard InChI is InChI=1S/C51H73N9O14/c1-9-28(8)43(50(72)57-38(51(73)74)22-30-24-53-34-13-11-10-12-32(30)34)60-49(71)42(27(6)7)59-45(67)35(18-19-39(62)63)54-46(68)36(20-25(2)3)55-47(69)37(21-29-14-16-31(61)17-15-29)56-48(70)41(26(4)5)58-44(66)33(52)23-40(64)65/h10-17,24-28,33,35-38,41-43,53,61H,9,18-23,52H2,1-8H3,(H,54,68)(H,55,69)(H,56,70)(H,57,72)(H,58,66)(H,59,67)(H,60,71)(H,62,63)(H,64,65)(H,73,74)/t28-,33-,35-,36-,37-,38-,41-,42-,43-/m0/s1. The first-order chi connectivity index (χ1) is 34.7. The smallest absolute Gasteiger partial charge is 0.326 e. The van der Waals surface area contributed by atoms with Crippen molar-refractivity contribution >= 4 is 70.2 Å². The van der Waals surface area contributed by atoms with Gasteiger partial charge in [-0.15, -0.1) is 0 Å². The summed E-state index contributed by atoms with van der Waals surface area (Å²) in [5, 5.41) is 57.6. The Hall–Kier alpha value is -7.56. The van der Waals surface area contributed by atoms with Gasteiger partial charge >= 0.3 is 17.9 Å². The fourth-order valence-electron chi connectivity index (χ4n) is 7.91. The minimum Gasteiger partial charge on any atom is -0.508 e. The van der Waals surface area contributed by atoms with Crippen molar-refractivity contribution in [2.75, 3.05) is 0 Å². The number of fused-ring (bicyclic) bond motifs is 1. The number of aromatic nitrogens is 1. The van der Waals surface area contributed by atoms with Crippen molar-refractivity contribution in [3.05, 3.63) is 65.9 Å². The number of amides is 7. The van der Waals surface area contributed by atoms with Gasteiger partial charge in [0.1, 0.15) is 48.0 Å². The zero-order chi connectivity index (χ0) is 55.6.